The first-order valence-electron chi connectivity index (χ1n) is 13.9. The van der Waals surface area contributed by atoms with Gasteiger partial charge in [0.1, 0.15) is 18.1 Å². The lowest BCUT2D eigenvalue weighted by Crippen LogP contribution is -2.60. The maximum Gasteiger partial charge on any atom is 0.305 e. The molecule has 6 atom stereocenters. The van der Waals surface area contributed by atoms with Gasteiger partial charge in [-0.15, -0.1) is 0 Å². The number of hydrogen-bond acceptors (Lipinski definition) is 9. The second-order valence-electron chi connectivity index (χ2n) is 10.3. The lowest BCUT2D eigenvalue weighted by molar-refractivity contribution is -0.384. The van der Waals surface area contributed by atoms with Crippen molar-refractivity contribution < 1.29 is 39.1 Å². The fourth-order valence-electron chi connectivity index (χ4n) is 4.11. The van der Waals surface area contributed by atoms with Crippen LogP contribution in [0.1, 0.15) is 39.2 Å². The Hall–Kier alpha value is -4.89. The number of aliphatic carboxylic acids is 1. The first-order valence-corrected chi connectivity index (χ1v) is 13.9. The van der Waals surface area contributed by atoms with E-state index in [1.807, 2.05) is 6.92 Å². The minimum atomic E-state index is -1.58. The predicted molar refractivity (Wildman–Crippen MR) is 159 cm³/mol. The molecule has 238 valence electrons. The Balaban J connectivity index is 2.29. The van der Waals surface area contributed by atoms with Crippen molar-refractivity contribution in [1.29, 1.82) is 0 Å². The molecule has 0 aromatic heterocycles. The summed E-state index contributed by atoms with van der Waals surface area (Å²) in [5, 5.41) is 40.1. The van der Waals surface area contributed by atoms with Gasteiger partial charge >= 0.3 is 5.97 Å². The van der Waals surface area contributed by atoms with Crippen LogP contribution in [-0.4, -0.2) is 75.0 Å². The maximum atomic E-state index is 13.6. The molecule has 0 aliphatic heterocycles. The number of carbonyl (C=O) groups excluding carboxylic acids is 4. The summed E-state index contributed by atoms with van der Waals surface area (Å²) in [5.41, 5.74) is 6.35. The minimum absolute atomic E-state index is 0.0192. The molecule has 0 spiro atoms. The summed E-state index contributed by atoms with van der Waals surface area (Å²) in [7, 11) is 0. The van der Waals surface area contributed by atoms with Crippen molar-refractivity contribution in [2.24, 2.45) is 11.7 Å². The van der Waals surface area contributed by atoms with E-state index in [1.54, 1.807) is 37.3 Å². The number of anilines is 1. The fourth-order valence-corrected chi connectivity index (χ4v) is 4.11. The van der Waals surface area contributed by atoms with E-state index >= 15 is 0 Å². The summed E-state index contributed by atoms with van der Waals surface area (Å²) in [6.07, 6.45) is -1.69. The van der Waals surface area contributed by atoms with Gasteiger partial charge in [0.25, 0.3) is 5.69 Å². The summed E-state index contributed by atoms with van der Waals surface area (Å²) in [6.45, 7) is 4.78. The summed E-state index contributed by atoms with van der Waals surface area (Å²) in [4.78, 5) is 73.8. The normalized spacial score (nSPS) is 14.9. The van der Waals surface area contributed by atoms with Gasteiger partial charge in [-0.3, -0.25) is 34.1 Å². The molecular formula is C29H38N6O9. The van der Waals surface area contributed by atoms with Gasteiger partial charge in [-0.1, -0.05) is 50.6 Å². The Morgan fingerprint density at radius 1 is 0.864 bits per heavy atom. The molecular weight excluding hydrogens is 576 g/mol. The number of amides is 4. The van der Waals surface area contributed by atoms with Crippen LogP contribution in [-0.2, 0) is 30.4 Å². The number of nitro groups is 1. The van der Waals surface area contributed by atoms with E-state index in [4.69, 9.17) is 10.8 Å². The van der Waals surface area contributed by atoms with Gasteiger partial charge in [0, 0.05) is 24.2 Å². The standard InChI is InChI=1S/C29H38N6O9/c1-4-16(2)24(28(41)31-19-10-12-20(13-11-19)35(43)44)33-27(40)22(14-18-8-6-5-7-9-18)32-29(42)25(17(3)36)34-26(39)21(30)15-23(37)38/h5-13,16-17,21-22,24-25,36H,4,14-15,30H2,1-3H3,(H,31,41)(H,32,42)(H,33,40)(H,34,39)(H,37,38)/t16-,17+,21-,22-,24-,25-/m0/s1. The van der Waals surface area contributed by atoms with E-state index in [9.17, 15) is 39.2 Å². The molecule has 0 saturated carbocycles. The van der Waals surface area contributed by atoms with Gasteiger partial charge in [-0.2, -0.15) is 0 Å². The van der Waals surface area contributed by atoms with Crippen molar-refractivity contribution in [2.75, 3.05) is 5.32 Å². The molecule has 0 fully saturated rings. The number of aliphatic hydroxyl groups is 1. The number of nitrogens with zero attached hydrogens (tertiary/aromatic N) is 1. The molecule has 0 unspecified atom stereocenters. The zero-order valence-corrected chi connectivity index (χ0v) is 24.6. The summed E-state index contributed by atoms with van der Waals surface area (Å²) in [5.74, 6) is -4.96. The van der Waals surface area contributed by atoms with Crippen molar-refractivity contribution >= 4 is 41.0 Å². The number of nitrogens with two attached hydrogens (primary N) is 1. The van der Waals surface area contributed by atoms with Gasteiger partial charge in [-0.25, -0.2) is 0 Å². The molecule has 0 aliphatic rings. The van der Waals surface area contributed by atoms with Gasteiger partial charge < -0.3 is 37.2 Å². The van der Waals surface area contributed by atoms with Crippen LogP contribution in [0.2, 0.25) is 0 Å². The largest absolute Gasteiger partial charge is 0.481 e. The quantitative estimate of drug-likeness (QED) is 0.102. The fraction of sp³-hybridized carbons (Fsp3) is 0.414. The molecule has 0 heterocycles. The third kappa shape index (κ3) is 10.7. The maximum absolute atomic E-state index is 13.6. The summed E-state index contributed by atoms with van der Waals surface area (Å²) in [6, 6.07) is 8.42. The van der Waals surface area contributed by atoms with E-state index < -0.39 is 71.2 Å². The van der Waals surface area contributed by atoms with Crippen molar-refractivity contribution in [3.8, 4) is 0 Å². The molecule has 0 aliphatic carbocycles. The summed E-state index contributed by atoms with van der Waals surface area (Å²) >= 11 is 0. The van der Waals surface area contributed by atoms with Gasteiger partial charge in [-0.05, 0) is 30.5 Å². The first kappa shape index (κ1) is 35.3. The molecule has 0 saturated heterocycles. The second-order valence-corrected chi connectivity index (χ2v) is 10.3. The Bertz CT molecular complexity index is 1320. The van der Waals surface area contributed by atoms with E-state index in [0.29, 0.717) is 12.0 Å². The van der Waals surface area contributed by atoms with E-state index in [2.05, 4.69) is 21.3 Å². The van der Waals surface area contributed by atoms with Crippen LogP contribution in [0, 0.1) is 16.0 Å². The number of nitrogens with one attached hydrogen (secondary N) is 4. The Labute approximate surface area is 253 Å². The zero-order chi connectivity index (χ0) is 33.0. The Kier molecular flexibility index (Phi) is 13.4. The highest BCUT2D eigenvalue weighted by Crippen LogP contribution is 2.17. The SMILES string of the molecule is CC[C@H](C)[C@H](NC(=O)[C@H](Cc1ccccc1)NC(=O)[C@@H](NC(=O)[C@@H](N)CC(=O)O)[C@@H](C)O)C(=O)Nc1ccc([N+](=O)[O-])cc1. The number of rotatable bonds is 16. The topological polar surface area (TPSA) is 243 Å². The molecule has 8 N–H and O–H groups in total. The van der Waals surface area contributed by atoms with Gasteiger partial charge in [0.05, 0.1) is 23.5 Å². The highest BCUT2D eigenvalue weighted by Gasteiger charge is 2.34. The number of carboxylic acids is 1. The molecule has 2 aromatic rings. The van der Waals surface area contributed by atoms with Crippen LogP contribution in [0.3, 0.4) is 0 Å². The Morgan fingerprint density at radius 3 is 1.98 bits per heavy atom. The van der Waals surface area contributed by atoms with Crippen molar-refractivity contribution in [3.63, 3.8) is 0 Å². The van der Waals surface area contributed by atoms with Crippen LogP contribution in [0.4, 0.5) is 11.4 Å². The number of carbonyl (C=O) groups is 5. The van der Waals surface area contributed by atoms with Crippen LogP contribution < -0.4 is 27.0 Å². The lowest BCUT2D eigenvalue weighted by atomic mass is 9.97. The Morgan fingerprint density at radius 2 is 1.45 bits per heavy atom. The molecule has 4 amide bonds. The van der Waals surface area contributed by atoms with E-state index in [0.717, 1.165) is 0 Å². The molecule has 2 rings (SSSR count). The van der Waals surface area contributed by atoms with Crippen molar-refractivity contribution in [3.05, 3.63) is 70.3 Å². The van der Waals surface area contributed by atoms with Crippen molar-refractivity contribution in [2.45, 2.75) is 70.3 Å². The van der Waals surface area contributed by atoms with Crippen LogP contribution in [0.15, 0.2) is 54.6 Å². The average molecular weight is 615 g/mol. The third-order valence-corrected chi connectivity index (χ3v) is 6.85. The zero-order valence-electron chi connectivity index (χ0n) is 24.6. The number of non-ortho nitro benzene ring substituents is 1. The predicted octanol–water partition coefficient (Wildman–Crippen LogP) is 0.459. The van der Waals surface area contributed by atoms with Crippen LogP contribution in [0.5, 0.6) is 0 Å². The van der Waals surface area contributed by atoms with Gasteiger partial charge in [0.2, 0.25) is 23.6 Å². The monoisotopic (exact) mass is 614 g/mol. The number of aliphatic hydroxyl groups excluding tert-OH is 1. The van der Waals surface area contributed by atoms with Crippen LogP contribution >= 0.6 is 0 Å². The highest BCUT2D eigenvalue weighted by molar-refractivity contribution is 5.99. The number of benzene rings is 2. The number of nitro benzene ring substituents is 1. The highest BCUT2D eigenvalue weighted by atomic mass is 16.6. The number of hydrogen-bond donors (Lipinski definition) is 7. The smallest absolute Gasteiger partial charge is 0.305 e. The molecule has 44 heavy (non-hydrogen) atoms. The molecule has 0 bridgehead atoms. The summed E-state index contributed by atoms with van der Waals surface area (Å²) < 4.78 is 0. The molecule has 15 nitrogen and oxygen atoms in total. The van der Waals surface area contributed by atoms with Crippen molar-refractivity contribution in [1.82, 2.24) is 16.0 Å². The molecule has 0 radical (unpaired) electrons. The first-order chi connectivity index (χ1) is 20.7. The minimum Gasteiger partial charge on any atom is -0.481 e. The molecule has 2 aromatic carbocycles. The van der Waals surface area contributed by atoms with E-state index in [-0.39, 0.29) is 23.7 Å². The second kappa shape index (κ2) is 16.7. The average Bonchev–Trinajstić information content (AvgIpc) is 2.97. The third-order valence-electron chi connectivity index (χ3n) is 6.85. The number of carboxylic acid groups (broad SMARTS) is 1. The molecule has 15 heteroatoms. The lowest BCUT2D eigenvalue weighted by Gasteiger charge is -2.28. The van der Waals surface area contributed by atoms with Crippen LogP contribution in [0.25, 0.3) is 0 Å². The van der Waals surface area contributed by atoms with Gasteiger partial charge in [0.15, 0.2) is 0 Å². The van der Waals surface area contributed by atoms with E-state index in [1.165, 1.54) is 31.2 Å².